The maximum Gasteiger partial charge on any atom is 0.410 e. The predicted octanol–water partition coefficient (Wildman–Crippen LogP) is -0.319. The number of nitrogens with one attached hydrogen (secondary N) is 1. The van der Waals surface area contributed by atoms with E-state index in [1.165, 1.54) is 4.90 Å². The van der Waals surface area contributed by atoms with Crippen LogP contribution in [0.5, 0.6) is 0 Å². The largest absolute Gasteiger partial charge is 0.444 e. The number of ether oxygens (including phenoxy) is 1. The number of hydrogen-bond acceptors (Lipinski definition) is 4. The Morgan fingerprint density at radius 1 is 1.44 bits per heavy atom. The van der Waals surface area contributed by atoms with Crippen molar-refractivity contribution in [3.05, 3.63) is 0 Å². The van der Waals surface area contributed by atoms with Crippen LogP contribution in [0.3, 0.4) is 0 Å². The van der Waals surface area contributed by atoms with Crippen molar-refractivity contribution in [3.63, 3.8) is 0 Å². The molecule has 1 fully saturated rings. The lowest BCUT2D eigenvalue weighted by atomic mass is 10.2. The first-order valence-electron chi connectivity index (χ1n) is 5.30. The molecular weight excluding hydrogens is 210 g/mol. The Kier molecular flexibility index (Phi) is 3.74. The molecule has 1 heterocycles. The summed E-state index contributed by atoms with van der Waals surface area (Å²) in [5, 5.41) is 2.94. The molecule has 0 aromatic carbocycles. The maximum absolute atomic E-state index is 11.7. The van der Waals surface area contributed by atoms with E-state index < -0.39 is 23.6 Å². The lowest BCUT2D eigenvalue weighted by Crippen LogP contribution is -2.58. The fourth-order valence-electron chi connectivity index (χ4n) is 1.43. The Hall–Kier alpha value is -1.30. The van der Waals surface area contributed by atoms with Gasteiger partial charge in [-0.05, 0) is 20.8 Å². The molecule has 0 spiro atoms. The van der Waals surface area contributed by atoms with Gasteiger partial charge in [0, 0.05) is 19.6 Å². The van der Waals surface area contributed by atoms with Crippen molar-refractivity contribution in [2.75, 3.05) is 19.6 Å². The quantitative estimate of drug-likeness (QED) is 0.645. The van der Waals surface area contributed by atoms with Crippen molar-refractivity contribution in [1.29, 1.82) is 0 Å². The highest BCUT2D eigenvalue weighted by atomic mass is 16.6. The van der Waals surface area contributed by atoms with Crippen LogP contribution in [0, 0.1) is 0 Å². The fourth-order valence-corrected chi connectivity index (χ4v) is 1.43. The molecule has 0 bridgehead atoms. The van der Waals surface area contributed by atoms with Gasteiger partial charge in [0.15, 0.2) is 0 Å². The summed E-state index contributed by atoms with van der Waals surface area (Å²) >= 11 is 0. The van der Waals surface area contributed by atoms with Crippen LogP contribution in [0.15, 0.2) is 0 Å². The molecule has 1 aliphatic heterocycles. The minimum atomic E-state index is -0.524. The third-order valence-corrected chi connectivity index (χ3v) is 2.17. The second kappa shape index (κ2) is 4.69. The Morgan fingerprint density at radius 2 is 2.06 bits per heavy atom. The average Bonchev–Trinajstić information content (AvgIpc) is 2.15. The van der Waals surface area contributed by atoms with Crippen LogP contribution in [0.2, 0.25) is 0 Å². The summed E-state index contributed by atoms with van der Waals surface area (Å²) in [6.45, 7) is 6.76. The van der Waals surface area contributed by atoms with Crippen LogP contribution in [-0.4, -0.2) is 48.2 Å². The zero-order valence-corrected chi connectivity index (χ0v) is 9.95. The molecule has 3 N–H and O–H groups in total. The molecule has 1 rings (SSSR count). The molecule has 92 valence electrons. The topological polar surface area (TPSA) is 84.7 Å². The molecule has 6 nitrogen and oxygen atoms in total. The number of nitrogens with two attached hydrogens (primary N) is 1. The number of piperazine rings is 1. The van der Waals surface area contributed by atoms with Gasteiger partial charge in [-0.2, -0.15) is 0 Å². The third-order valence-electron chi connectivity index (χ3n) is 2.17. The zero-order chi connectivity index (χ0) is 12.3. The van der Waals surface area contributed by atoms with E-state index in [4.69, 9.17) is 10.5 Å². The summed E-state index contributed by atoms with van der Waals surface area (Å²) in [5.74, 6) is -0.451. The summed E-state index contributed by atoms with van der Waals surface area (Å²) in [6.07, 6.45) is -0.403. The molecule has 0 aromatic heterocycles. The summed E-state index contributed by atoms with van der Waals surface area (Å²) in [4.78, 5) is 24.2. The van der Waals surface area contributed by atoms with Crippen LogP contribution in [0.1, 0.15) is 20.8 Å². The first-order valence-corrected chi connectivity index (χ1v) is 5.30. The monoisotopic (exact) mass is 229 g/mol. The van der Waals surface area contributed by atoms with Gasteiger partial charge in [0.25, 0.3) is 0 Å². The van der Waals surface area contributed by atoms with Crippen LogP contribution in [0.4, 0.5) is 4.79 Å². The van der Waals surface area contributed by atoms with Crippen LogP contribution >= 0.6 is 0 Å². The van der Waals surface area contributed by atoms with E-state index in [0.29, 0.717) is 13.1 Å². The van der Waals surface area contributed by atoms with E-state index in [0.717, 1.165) is 0 Å². The molecule has 0 unspecified atom stereocenters. The van der Waals surface area contributed by atoms with E-state index in [1.807, 2.05) is 0 Å². The van der Waals surface area contributed by atoms with Crippen molar-refractivity contribution in [1.82, 2.24) is 10.2 Å². The SMILES string of the molecule is CC(C)(C)OC(=O)N1CCN[C@@H](C(N)=O)C1. The van der Waals surface area contributed by atoms with Gasteiger partial charge in [-0.15, -0.1) is 0 Å². The van der Waals surface area contributed by atoms with E-state index in [2.05, 4.69) is 5.32 Å². The van der Waals surface area contributed by atoms with Crippen LogP contribution < -0.4 is 11.1 Å². The van der Waals surface area contributed by atoms with E-state index in [-0.39, 0.29) is 6.54 Å². The number of carbonyl (C=O) groups is 2. The van der Waals surface area contributed by atoms with Crippen molar-refractivity contribution < 1.29 is 14.3 Å². The van der Waals surface area contributed by atoms with E-state index in [1.54, 1.807) is 20.8 Å². The number of primary amides is 1. The summed E-state index contributed by atoms with van der Waals surface area (Å²) < 4.78 is 5.21. The minimum Gasteiger partial charge on any atom is -0.444 e. The molecule has 16 heavy (non-hydrogen) atoms. The molecule has 1 aliphatic rings. The number of nitrogens with zero attached hydrogens (tertiary/aromatic N) is 1. The molecule has 1 saturated heterocycles. The number of carbonyl (C=O) groups excluding carboxylic acids is 2. The Labute approximate surface area is 95.1 Å². The van der Waals surface area contributed by atoms with Crippen molar-refractivity contribution >= 4 is 12.0 Å². The Bertz CT molecular complexity index is 286. The number of hydrogen-bond donors (Lipinski definition) is 2. The number of amides is 2. The fraction of sp³-hybridized carbons (Fsp3) is 0.800. The van der Waals surface area contributed by atoms with Crippen molar-refractivity contribution in [3.8, 4) is 0 Å². The second-order valence-corrected chi connectivity index (χ2v) is 4.84. The van der Waals surface area contributed by atoms with Gasteiger partial charge in [0.1, 0.15) is 11.6 Å². The van der Waals surface area contributed by atoms with Gasteiger partial charge in [0.2, 0.25) is 5.91 Å². The molecular formula is C10H19N3O3. The normalized spacial score (nSPS) is 21.7. The highest BCUT2D eigenvalue weighted by Gasteiger charge is 2.29. The highest BCUT2D eigenvalue weighted by molar-refractivity contribution is 5.81. The van der Waals surface area contributed by atoms with Crippen LogP contribution in [0.25, 0.3) is 0 Å². The first kappa shape index (κ1) is 12.8. The zero-order valence-electron chi connectivity index (χ0n) is 9.95. The molecule has 0 aliphatic carbocycles. The molecule has 0 radical (unpaired) electrons. The lowest BCUT2D eigenvalue weighted by Gasteiger charge is -2.33. The molecule has 0 saturated carbocycles. The molecule has 1 atom stereocenters. The minimum absolute atomic E-state index is 0.268. The van der Waals surface area contributed by atoms with Crippen LogP contribution in [-0.2, 0) is 9.53 Å². The Morgan fingerprint density at radius 3 is 2.56 bits per heavy atom. The van der Waals surface area contributed by atoms with E-state index >= 15 is 0 Å². The van der Waals surface area contributed by atoms with Gasteiger partial charge < -0.3 is 20.7 Å². The van der Waals surface area contributed by atoms with Gasteiger partial charge in [-0.25, -0.2) is 4.79 Å². The van der Waals surface area contributed by atoms with Crippen molar-refractivity contribution in [2.45, 2.75) is 32.4 Å². The first-order chi connectivity index (χ1) is 7.29. The molecule has 0 aromatic rings. The average molecular weight is 229 g/mol. The second-order valence-electron chi connectivity index (χ2n) is 4.84. The Balaban J connectivity index is 2.54. The van der Waals surface area contributed by atoms with Crippen molar-refractivity contribution in [2.24, 2.45) is 5.73 Å². The maximum atomic E-state index is 11.7. The summed E-state index contributed by atoms with van der Waals surface area (Å²) in [6, 6.07) is -0.485. The predicted molar refractivity (Wildman–Crippen MR) is 58.8 cm³/mol. The molecule has 6 heteroatoms. The molecule has 2 amide bonds. The highest BCUT2D eigenvalue weighted by Crippen LogP contribution is 2.11. The van der Waals surface area contributed by atoms with Gasteiger partial charge in [0.05, 0.1) is 0 Å². The summed E-state index contributed by atoms with van der Waals surface area (Å²) in [7, 11) is 0. The summed E-state index contributed by atoms with van der Waals surface area (Å²) in [5.41, 5.74) is 4.65. The van der Waals surface area contributed by atoms with Gasteiger partial charge >= 0.3 is 6.09 Å². The van der Waals surface area contributed by atoms with Gasteiger partial charge in [-0.3, -0.25) is 4.79 Å². The van der Waals surface area contributed by atoms with E-state index in [9.17, 15) is 9.59 Å². The third kappa shape index (κ3) is 3.69. The lowest BCUT2D eigenvalue weighted by molar-refractivity contribution is -0.120. The van der Waals surface area contributed by atoms with Gasteiger partial charge in [-0.1, -0.05) is 0 Å². The smallest absolute Gasteiger partial charge is 0.410 e. The standard InChI is InChI=1S/C10H19N3O3/c1-10(2,3)16-9(15)13-5-4-12-7(6-13)8(11)14/h7,12H,4-6H2,1-3H3,(H2,11,14)/t7-/m1/s1. The number of rotatable bonds is 1.